The molecule has 4 rings (SSSR count). The van der Waals surface area contributed by atoms with Gasteiger partial charge in [-0.3, -0.25) is 24.0 Å². The van der Waals surface area contributed by atoms with E-state index < -0.39 is 72.2 Å². The van der Waals surface area contributed by atoms with Crippen LogP contribution in [0.25, 0.3) is 11.1 Å². The van der Waals surface area contributed by atoms with Gasteiger partial charge in [0.2, 0.25) is 23.6 Å². The van der Waals surface area contributed by atoms with Crippen LogP contribution in [0.2, 0.25) is 0 Å². The molecular formula is C49H67N7O14. The van der Waals surface area contributed by atoms with Crippen LogP contribution in [0, 0.1) is 5.92 Å². The minimum Gasteiger partial charge on any atom is -0.481 e. The number of nitrogens with one attached hydrogen (secondary N) is 6. The van der Waals surface area contributed by atoms with Crippen LogP contribution in [0.5, 0.6) is 0 Å². The Balaban J connectivity index is 1.07. The highest BCUT2D eigenvalue weighted by Gasteiger charge is 2.32. The van der Waals surface area contributed by atoms with E-state index in [1.54, 1.807) is 38.1 Å². The fraction of sp³-hybridized carbons (Fsp3) is 0.490. The number of urea groups is 1. The maximum Gasteiger partial charge on any atom is 0.407 e. The minimum absolute atomic E-state index is 0.0197. The Kier molecular flexibility index (Phi) is 24.6. The van der Waals surface area contributed by atoms with Crippen LogP contribution in [-0.2, 0) is 54.3 Å². The molecule has 3 aromatic carbocycles. The van der Waals surface area contributed by atoms with Gasteiger partial charge in [0.05, 0.1) is 59.5 Å². The molecule has 0 saturated carbocycles. The summed E-state index contributed by atoms with van der Waals surface area (Å²) in [7, 11) is 0. The van der Waals surface area contributed by atoms with E-state index in [1.165, 1.54) is 0 Å². The van der Waals surface area contributed by atoms with Crippen LogP contribution in [0.15, 0.2) is 72.8 Å². The van der Waals surface area contributed by atoms with E-state index in [9.17, 15) is 43.8 Å². The molecule has 0 radical (unpaired) electrons. The second-order valence-corrected chi connectivity index (χ2v) is 16.6. The SMILES string of the molecule is CC(C)C(NC(=O)C(CCC(=O)O)NC(=O)CCOCCOCCOCCOCCNC(=O)OCC1c2ccccc2-c2ccccc21)C(=O)NC(CCCNC(N)=O)C(=O)Nc1ccc(CO)cc1. The second-order valence-electron chi connectivity index (χ2n) is 16.6. The van der Waals surface area contributed by atoms with Gasteiger partial charge in [-0.15, -0.1) is 0 Å². The Morgan fingerprint density at radius 1 is 0.629 bits per heavy atom. The number of alkyl carbamates (subject to hydrolysis) is 1. The molecule has 21 nitrogen and oxygen atoms in total. The van der Waals surface area contributed by atoms with Crippen molar-refractivity contribution in [1.29, 1.82) is 0 Å². The Morgan fingerprint density at radius 3 is 1.77 bits per heavy atom. The van der Waals surface area contributed by atoms with Crippen LogP contribution in [0.3, 0.4) is 0 Å². The first-order chi connectivity index (χ1) is 33.8. The zero-order valence-electron chi connectivity index (χ0n) is 39.7. The molecular weight excluding hydrogens is 911 g/mol. The molecule has 70 heavy (non-hydrogen) atoms. The molecule has 0 fully saturated rings. The van der Waals surface area contributed by atoms with Gasteiger partial charge in [0.1, 0.15) is 24.7 Å². The van der Waals surface area contributed by atoms with E-state index >= 15 is 0 Å². The average molecular weight is 978 g/mol. The summed E-state index contributed by atoms with van der Waals surface area (Å²) < 4.78 is 27.5. The van der Waals surface area contributed by atoms with Crippen LogP contribution >= 0.6 is 0 Å². The number of anilines is 1. The van der Waals surface area contributed by atoms with Crippen LogP contribution in [0.4, 0.5) is 15.3 Å². The molecule has 1 aliphatic rings. The third-order valence-electron chi connectivity index (χ3n) is 11.0. The monoisotopic (exact) mass is 977 g/mol. The molecule has 1 aliphatic carbocycles. The van der Waals surface area contributed by atoms with Gasteiger partial charge >= 0.3 is 18.1 Å². The van der Waals surface area contributed by atoms with Crippen molar-refractivity contribution in [3.8, 4) is 11.1 Å². The maximum absolute atomic E-state index is 13.6. The van der Waals surface area contributed by atoms with Crippen LogP contribution in [-0.4, -0.2) is 143 Å². The number of carboxylic acids is 1. The largest absolute Gasteiger partial charge is 0.481 e. The van der Waals surface area contributed by atoms with Crippen molar-refractivity contribution >= 4 is 47.4 Å². The van der Waals surface area contributed by atoms with E-state index in [2.05, 4.69) is 56.2 Å². The number of primary amides is 1. The topological polar surface area (TPSA) is 304 Å². The van der Waals surface area contributed by atoms with Crippen molar-refractivity contribution < 1.29 is 67.5 Å². The van der Waals surface area contributed by atoms with Crippen LogP contribution < -0.4 is 37.6 Å². The number of carbonyl (C=O) groups excluding carboxylic acids is 6. The van der Waals surface area contributed by atoms with Crippen molar-refractivity contribution in [1.82, 2.24) is 26.6 Å². The maximum atomic E-state index is 13.6. The highest BCUT2D eigenvalue weighted by molar-refractivity contribution is 5.99. The van der Waals surface area contributed by atoms with Gasteiger partial charge in [-0.1, -0.05) is 74.5 Å². The second kappa shape index (κ2) is 30.8. The Bertz CT molecular complexity index is 2110. The highest BCUT2D eigenvalue weighted by atomic mass is 16.6. The zero-order chi connectivity index (χ0) is 50.7. The number of nitrogens with two attached hydrogens (primary N) is 1. The number of aliphatic carboxylic acids is 1. The number of rotatable bonds is 33. The summed E-state index contributed by atoms with van der Waals surface area (Å²) in [6, 6.07) is 18.3. The van der Waals surface area contributed by atoms with Gasteiger partial charge in [-0.25, -0.2) is 9.59 Å². The predicted octanol–water partition coefficient (Wildman–Crippen LogP) is 2.54. The molecule has 382 valence electrons. The van der Waals surface area contributed by atoms with Gasteiger partial charge in [-0.05, 0) is 65.1 Å². The number of hydrogen-bond acceptors (Lipinski definition) is 13. The van der Waals surface area contributed by atoms with Gasteiger partial charge in [0.25, 0.3) is 0 Å². The number of carbonyl (C=O) groups is 7. The third-order valence-corrected chi connectivity index (χ3v) is 11.0. The Hall–Kier alpha value is -6.65. The fourth-order valence-corrected chi connectivity index (χ4v) is 7.36. The molecule has 0 aliphatic heterocycles. The average Bonchev–Trinajstić information content (AvgIpc) is 3.66. The lowest BCUT2D eigenvalue weighted by Gasteiger charge is -2.27. The summed E-state index contributed by atoms with van der Waals surface area (Å²) in [5.41, 5.74) is 10.8. The van der Waals surface area contributed by atoms with Gasteiger partial charge < -0.3 is 71.5 Å². The number of ether oxygens (including phenoxy) is 5. The molecule has 0 saturated heterocycles. The number of benzene rings is 3. The summed E-state index contributed by atoms with van der Waals surface area (Å²) in [5.74, 6) is -4.41. The summed E-state index contributed by atoms with van der Waals surface area (Å²) in [5, 5.41) is 34.3. The first kappa shape index (κ1) is 55.9. The van der Waals surface area contributed by atoms with E-state index in [4.69, 9.17) is 29.4 Å². The summed E-state index contributed by atoms with van der Waals surface area (Å²) in [6.07, 6.45) is -1.05. The number of amides is 7. The molecule has 21 heteroatoms. The summed E-state index contributed by atoms with van der Waals surface area (Å²) >= 11 is 0. The molecule has 0 spiro atoms. The van der Waals surface area contributed by atoms with E-state index in [-0.39, 0.29) is 90.9 Å². The molecule has 7 amide bonds. The smallest absolute Gasteiger partial charge is 0.407 e. The third kappa shape index (κ3) is 19.8. The van der Waals surface area contributed by atoms with Gasteiger partial charge in [0.15, 0.2) is 0 Å². The normalized spacial score (nSPS) is 13.0. The lowest BCUT2D eigenvalue weighted by molar-refractivity contribution is -0.138. The lowest BCUT2D eigenvalue weighted by Crippen LogP contribution is -2.58. The molecule has 0 heterocycles. The standard InChI is InChI=1S/C49H67N7O14/c1-32(2)44(47(63)55-40(12-7-20-51-48(50)64)45(61)53-34-15-13-33(30-57)14-16-34)56-46(62)41(17-18-43(59)60)54-42(58)19-22-66-24-26-68-28-29-69-27-25-67-23-21-52-49(65)70-31-39-37-10-5-3-8-35(37)36-9-4-6-11-38(36)39/h3-6,8-11,13-16,32,39-41,44,57H,7,12,17-31H2,1-2H3,(H,52,65)(H,53,61)(H,54,58)(H,55,63)(H,56,62)(H,59,60)(H3,50,51,64). The number of carboxylic acid groups (broad SMARTS) is 1. The number of aliphatic hydroxyl groups excluding tert-OH is 1. The lowest BCUT2D eigenvalue weighted by atomic mass is 9.98. The molecule has 3 atom stereocenters. The van der Waals surface area contributed by atoms with E-state index in [0.717, 1.165) is 22.3 Å². The number of fused-ring (bicyclic) bond motifs is 3. The number of aliphatic hydroxyl groups is 1. The zero-order valence-corrected chi connectivity index (χ0v) is 39.7. The van der Waals surface area contributed by atoms with Crippen molar-refractivity contribution in [2.45, 2.75) is 76.6 Å². The van der Waals surface area contributed by atoms with Crippen molar-refractivity contribution in [2.75, 3.05) is 77.9 Å². The molecule has 0 aromatic heterocycles. The molecule has 10 N–H and O–H groups in total. The van der Waals surface area contributed by atoms with E-state index in [0.29, 0.717) is 31.1 Å². The molecule has 0 bridgehead atoms. The first-order valence-electron chi connectivity index (χ1n) is 23.3. The first-order valence-corrected chi connectivity index (χ1v) is 23.3. The Morgan fingerprint density at radius 2 is 1.20 bits per heavy atom. The van der Waals surface area contributed by atoms with Gasteiger partial charge in [-0.2, -0.15) is 0 Å². The quantitative estimate of drug-likeness (QED) is 0.0397. The predicted molar refractivity (Wildman–Crippen MR) is 256 cm³/mol. The fourth-order valence-electron chi connectivity index (χ4n) is 7.36. The van der Waals surface area contributed by atoms with E-state index in [1.807, 2.05) is 24.3 Å². The minimum atomic E-state index is -1.31. The number of hydrogen-bond donors (Lipinski definition) is 9. The summed E-state index contributed by atoms with van der Waals surface area (Å²) in [6.45, 7) is 5.62. The van der Waals surface area contributed by atoms with Crippen molar-refractivity contribution in [3.05, 3.63) is 89.5 Å². The highest BCUT2D eigenvalue weighted by Crippen LogP contribution is 2.44. The molecule has 3 aromatic rings. The summed E-state index contributed by atoms with van der Waals surface area (Å²) in [4.78, 5) is 88.3. The Labute approximate surface area is 407 Å². The van der Waals surface area contributed by atoms with Crippen molar-refractivity contribution in [3.63, 3.8) is 0 Å². The van der Waals surface area contributed by atoms with Crippen molar-refractivity contribution in [2.24, 2.45) is 11.7 Å². The van der Waals surface area contributed by atoms with Gasteiger partial charge in [0, 0.05) is 37.5 Å². The van der Waals surface area contributed by atoms with Crippen LogP contribution in [0.1, 0.15) is 68.6 Å². The molecule has 3 unspecified atom stereocenters.